The molecule has 0 saturated heterocycles. The predicted molar refractivity (Wildman–Crippen MR) is 84.9 cm³/mol. The Bertz CT molecular complexity index is 554. The Morgan fingerprint density at radius 1 is 1.30 bits per heavy atom. The molecule has 0 aliphatic carbocycles. The number of anilines is 2. The Hall–Kier alpha value is -1.81. The van der Waals surface area contributed by atoms with Crippen LogP contribution in [0.15, 0.2) is 30.5 Å². The van der Waals surface area contributed by atoms with Gasteiger partial charge in [-0.15, -0.1) is 0 Å². The van der Waals surface area contributed by atoms with Crippen LogP contribution in [0.2, 0.25) is 0 Å². The van der Waals surface area contributed by atoms with E-state index < -0.39 is 0 Å². The van der Waals surface area contributed by atoms with Crippen molar-refractivity contribution in [2.45, 2.75) is 20.3 Å². The van der Waals surface area contributed by atoms with Crippen molar-refractivity contribution in [1.29, 1.82) is 0 Å². The molecule has 4 heteroatoms. The van der Waals surface area contributed by atoms with E-state index in [0.29, 0.717) is 5.92 Å². The zero-order valence-corrected chi connectivity index (χ0v) is 12.2. The fraction of sp³-hybridized carbons (Fsp3) is 0.438. The van der Waals surface area contributed by atoms with Gasteiger partial charge in [0.25, 0.3) is 0 Å². The molecule has 3 N–H and O–H groups in total. The third-order valence-corrected chi connectivity index (χ3v) is 3.00. The molecule has 0 bridgehead atoms. The lowest BCUT2D eigenvalue weighted by atomic mass is 10.1. The van der Waals surface area contributed by atoms with Gasteiger partial charge in [0.2, 0.25) is 0 Å². The Balaban J connectivity index is 1.87. The number of nitrogens with zero attached hydrogens (tertiary/aromatic N) is 1. The maximum atomic E-state index is 5.78. The van der Waals surface area contributed by atoms with Gasteiger partial charge in [0, 0.05) is 42.7 Å². The number of nitrogen functional groups attached to an aromatic ring is 1. The minimum absolute atomic E-state index is 0.595. The number of benzene rings is 1. The number of rotatable bonds is 7. The second-order valence-corrected chi connectivity index (χ2v) is 5.38. The van der Waals surface area contributed by atoms with Crippen molar-refractivity contribution in [3.63, 3.8) is 0 Å². The number of hydrogen-bond acceptors (Lipinski definition) is 4. The maximum Gasteiger partial charge on any atom is 0.0743 e. The maximum absolute atomic E-state index is 5.78. The van der Waals surface area contributed by atoms with Crippen molar-refractivity contribution in [3.8, 4) is 0 Å². The second kappa shape index (κ2) is 7.10. The van der Waals surface area contributed by atoms with Gasteiger partial charge in [0.15, 0.2) is 0 Å². The van der Waals surface area contributed by atoms with Crippen molar-refractivity contribution < 1.29 is 4.74 Å². The lowest BCUT2D eigenvalue weighted by Gasteiger charge is -2.10. The van der Waals surface area contributed by atoms with Gasteiger partial charge in [-0.1, -0.05) is 13.8 Å². The molecule has 0 fully saturated rings. The van der Waals surface area contributed by atoms with Gasteiger partial charge in [0.1, 0.15) is 0 Å². The molecule has 20 heavy (non-hydrogen) atoms. The molecular formula is C16H23N3O. The molecule has 1 aromatic heterocycles. The monoisotopic (exact) mass is 273 g/mol. The highest BCUT2D eigenvalue weighted by Gasteiger charge is 2.01. The topological polar surface area (TPSA) is 60.2 Å². The smallest absolute Gasteiger partial charge is 0.0743 e. The average Bonchev–Trinajstić information content (AvgIpc) is 2.42. The number of pyridine rings is 1. The lowest BCUT2D eigenvalue weighted by Crippen LogP contribution is -2.08. The normalized spacial score (nSPS) is 11.2. The summed E-state index contributed by atoms with van der Waals surface area (Å²) in [4.78, 5) is 4.34. The summed E-state index contributed by atoms with van der Waals surface area (Å²) in [6.45, 7) is 6.83. The van der Waals surface area contributed by atoms with Crippen LogP contribution in [0.4, 0.5) is 11.4 Å². The summed E-state index contributed by atoms with van der Waals surface area (Å²) < 4.78 is 5.57. The number of aromatic nitrogens is 1. The van der Waals surface area contributed by atoms with E-state index in [1.54, 1.807) is 6.20 Å². The molecule has 0 saturated carbocycles. The Morgan fingerprint density at radius 3 is 2.95 bits per heavy atom. The zero-order chi connectivity index (χ0) is 14.4. The van der Waals surface area contributed by atoms with Crippen LogP contribution in [0.25, 0.3) is 10.9 Å². The summed E-state index contributed by atoms with van der Waals surface area (Å²) in [5.74, 6) is 0.595. The third kappa shape index (κ3) is 4.10. The second-order valence-electron chi connectivity index (χ2n) is 5.38. The van der Waals surface area contributed by atoms with E-state index in [-0.39, 0.29) is 0 Å². The predicted octanol–water partition coefficient (Wildman–Crippen LogP) is 3.29. The van der Waals surface area contributed by atoms with E-state index >= 15 is 0 Å². The van der Waals surface area contributed by atoms with E-state index in [0.717, 1.165) is 48.5 Å². The van der Waals surface area contributed by atoms with E-state index in [1.807, 2.05) is 24.3 Å². The van der Waals surface area contributed by atoms with E-state index in [4.69, 9.17) is 10.5 Å². The average molecular weight is 273 g/mol. The minimum atomic E-state index is 0.595. The quantitative estimate of drug-likeness (QED) is 0.600. The first-order valence-corrected chi connectivity index (χ1v) is 7.12. The zero-order valence-electron chi connectivity index (χ0n) is 12.2. The summed E-state index contributed by atoms with van der Waals surface area (Å²) in [5.41, 5.74) is 8.53. The first-order valence-electron chi connectivity index (χ1n) is 7.12. The van der Waals surface area contributed by atoms with Gasteiger partial charge in [-0.3, -0.25) is 4.98 Å². The molecule has 0 spiro atoms. The van der Waals surface area contributed by atoms with Crippen molar-refractivity contribution >= 4 is 22.3 Å². The number of nitrogens with two attached hydrogens (primary N) is 1. The summed E-state index contributed by atoms with van der Waals surface area (Å²) in [7, 11) is 0. The molecule has 1 aromatic carbocycles. The summed E-state index contributed by atoms with van der Waals surface area (Å²) in [6.07, 6.45) is 2.80. The molecule has 0 atom stereocenters. The molecule has 0 unspecified atom stereocenters. The molecular weight excluding hydrogens is 250 g/mol. The van der Waals surface area contributed by atoms with E-state index in [9.17, 15) is 0 Å². The highest BCUT2D eigenvalue weighted by atomic mass is 16.5. The molecule has 0 aliphatic heterocycles. The fourth-order valence-electron chi connectivity index (χ4n) is 2.04. The van der Waals surface area contributed by atoms with E-state index in [1.165, 1.54) is 0 Å². The molecule has 4 nitrogen and oxygen atoms in total. The molecule has 0 amide bonds. The van der Waals surface area contributed by atoms with Crippen molar-refractivity contribution in [2.24, 2.45) is 5.92 Å². The SMILES string of the molecule is CC(C)COCCCNc1ccnc2cc(N)ccc12. The van der Waals surface area contributed by atoms with Gasteiger partial charge in [0.05, 0.1) is 5.52 Å². The van der Waals surface area contributed by atoms with Gasteiger partial charge in [-0.05, 0) is 36.6 Å². The van der Waals surface area contributed by atoms with Crippen LogP contribution in [-0.2, 0) is 4.74 Å². The summed E-state index contributed by atoms with van der Waals surface area (Å²) in [6, 6.07) is 7.80. The Kier molecular flexibility index (Phi) is 5.18. The molecule has 1 heterocycles. The highest BCUT2D eigenvalue weighted by molar-refractivity contribution is 5.92. The first-order chi connectivity index (χ1) is 9.66. The number of hydrogen-bond donors (Lipinski definition) is 2. The van der Waals surface area contributed by atoms with Crippen LogP contribution in [0.5, 0.6) is 0 Å². The first kappa shape index (κ1) is 14.6. The van der Waals surface area contributed by atoms with Crippen LogP contribution < -0.4 is 11.1 Å². The van der Waals surface area contributed by atoms with Gasteiger partial charge in [-0.25, -0.2) is 0 Å². The van der Waals surface area contributed by atoms with Crippen LogP contribution >= 0.6 is 0 Å². The van der Waals surface area contributed by atoms with E-state index in [2.05, 4.69) is 24.1 Å². The minimum Gasteiger partial charge on any atom is -0.399 e. The fourth-order valence-corrected chi connectivity index (χ4v) is 2.04. The largest absolute Gasteiger partial charge is 0.399 e. The van der Waals surface area contributed by atoms with Crippen molar-refractivity contribution in [2.75, 3.05) is 30.8 Å². The van der Waals surface area contributed by atoms with Crippen LogP contribution in [0, 0.1) is 5.92 Å². The van der Waals surface area contributed by atoms with Gasteiger partial charge in [-0.2, -0.15) is 0 Å². The molecule has 0 aliphatic rings. The van der Waals surface area contributed by atoms with Gasteiger partial charge < -0.3 is 15.8 Å². The van der Waals surface area contributed by atoms with Crippen LogP contribution in [0.1, 0.15) is 20.3 Å². The Morgan fingerprint density at radius 2 is 2.15 bits per heavy atom. The molecule has 0 radical (unpaired) electrons. The molecule has 2 aromatic rings. The third-order valence-electron chi connectivity index (χ3n) is 3.00. The summed E-state index contributed by atoms with van der Waals surface area (Å²) in [5, 5.41) is 4.54. The van der Waals surface area contributed by atoms with Gasteiger partial charge >= 0.3 is 0 Å². The number of nitrogens with one attached hydrogen (secondary N) is 1. The highest BCUT2D eigenvalue weighted by Crippen LogP contribution is 2.23. The summed E-state index contributed by atoms with van der Waals surface area (Å²) >= 11 is 0. The molecule has 108 valence electrons. The lowest BCUT2D eigenvalue weighted by molar-refractivity contribution is 0.110. The molecule has 2 rings (SSSR count). The number of fused-ring (bicyclic) bond motifs is 1. The van der Waals surface area contributed by atoms with Crippen LogP contribution in [0.3, 0.4) is 0 Å². The van der Waals surface area contributed by atoms with Crippen LogP contribution in [-0.4, -0.2) is 24.7 Å². The van der Waals surface area contributed by atoms with Crippen molar-refractivity contribution in [1.82, 2.24) is 4.98 Å². The Labute approximate surface area is 120 Å². The van der Waals surface area contributed by atoms with Crippen molar-refractivity contribution in [3.05, 3.63) is 30.5 Å². The standard InChI is InChI=1S/C16H23N3O/c1-12(2)11-20-9-3-7-18-15-6-8-19-16-10-13(17)4-5-14(15)16/h4-6,8,10,12H,3,7,9,11,17H2,1-2H3,(H,18,19). The number of ether oxygens (including phenoxy) is 1.